The van der Waals surface area contributed by atoms with Gasteiger partial charge in [0.1, 0.15) is 28.8 Å². The molecule has 4 aromatic rings. The van der Waals surface area contributed by atoms with Gasteiger partial charge in [0.25, 0.3) is 5.56 Å². The Morgan fingerprint density at radius 3 is 2.43 bits per heavy atom. The molecule has 1 atom stereocenters. The van der Waals surface area contributed by atoms with Crippen LogP contribution in [0.3, 0.4) is 0 Å². The van der Waals surface area contributed by atoms with Crippen LogP contribution in [-0.2, 0) is 7.05 Å². The molecule has 3 heterocycles. The number of nitrogens with zero attached hydrogens (tertiary/aromatic N) is 5. The van der Waals surface area contributed by atoms with Crippen molar-refractivity contribution in [2.24, 2.45) is 7.05 Å². The van der Waals surface area contributed by atoms with Crippen molar-refractivity contribution in [1.82, 2.24) is 14.5 Å². The highest BCUT2D eigenvalue weighted by molar-refractivity contribution is 5.88. The third-order valence-electron chi connectivity index (χ3n) is 6.62. The van der Waals surface area contributed by atoms with Gasteiger partial charge in [-0.2, -0.15) is 5.26 Å². The van der Waals surface area contributed by atoms with E-state index in [1.807, 2.05) is 12.1 Å². The molecule has 1 N–H and O–H groups in total. The summed E-state index contributed by atoms with van der Waals surface area (Å²) in [6.07, 6.45) is 0. The minimum atomic E-state index is -0.309. The number of halogens is 1. The highest BCUT2D eigenvalue weighted by atomic mass is 19.1. The molecule has 35 heavy (non-hydrogen) atoms. The van der Waals surface area contributed by atoms with E-state index in [-0.39, 0.29) is 23.2 Å². The maximum atomic E-state index is 13.6. The molecular weight excluding hydrogens is 445 g/mol. The Labute approximate surface area is 201 Å². The van der Waals surface area contributed by atoms with Crippen molar-refractivity contribution in [3.05, 3.63) is 99.7 Å². The number of hydrogen-bond acceptors (Lipinski definition) is 6. The van der Waals surface area contributed by atoms with Gasteiger partial charge in [-0.1, -0.05) is 30.3 Å². The van der Waals surface area contributed by atoms with E-state index >= 15 is 0 Å². The summed E-state index contributed by atoms with van der Waals surface area (Å²) in [5.41, 5.74) is 3.81. The maximum absolute atomic E-state index is 13.6. The average Bonchev–Trinajstić information content (AvgIpc) is 2.88. The molecule has 2 aromatic carbocycles. The zero-order valence-corrected chi connectivity index (χ0v) is 19.2. The summed E-state index contributed by atoms with van der Waals surface area (Å²) in [5, 5.41) is 19.9. The summed E-state index contributed by atoms with van der Waals surface area (Å²) in [6.45, 7) is 2.52. The van der Waals surface area contributed by atoms with Crippen LogP contribution >= 0.6 is 0 Å². The largest absolute Gasteiger partial charge is 0.508 e. The molecular formula is C27H24FN5O2. The zero-order chi connectivity index (χ0) is 24.5. The van der Waals surface area contributed by atoms with Crippen LogP contribution in [0.5, 0.6) is 5.75 Å². The molecule has 8 heteroatoms. The van der Waals surface area contributed by atoms with Crippen LogP contribution in [0.4, 0.5) is 10.1 Å². The van der Waals surface area contributed by atoms with Gasteiger partial charge in [-0.05, 0) is 35.9 Å². The highest BCUT2D eigenvalue weighted by Crippen LogP contribution is 2.35. The van der Waals surface area contributed by atoms with Crippen LogP contribution in [0.1, 0.15) is 22.9 Å². The highest BCUT2D eigenvalue weighted by Gasteiger charge is 2.29. The minimum Gasteiger partial charge on any atom is -0.508 e. The van der Waals surface area contributed by atoms with Crippen LogP contribution < -0.4 is 10.5 Å². The lowest BCUT2D eigenvalue weighted by Gasteiger charge is -2.41. The lowest BCUT2D eigenvalue weighted by atomic mass is 9.95. The van der Waals surface area contributed by atoms with Crippen LogP contribution in [0.25, 0.3) is 11.0 Å². The third-order valence-corrected chi connectivity index (χ3v) is 6.62. The maximum Gasteiger partial charge on any atom is 0.252 e. The number of para-hydroxylation sites is 1. The predicted octanol–water partition coefficient (Wildman–Crippen LogP) is 3.56. The van der Waals surface area contributed by atoms with Crippen molar-refractivity contribution in [3.63, 3.8) is 0 Å². The van der Waals surface area contributed by atoms with Crippen molar-refractivity contribution in [3.8, 4) is 11.8 Å². The van der Waals surface area contributed by atoms with Crippen molar-refractivity contribution in [2.75, 3.05) is 31.1 Å². The fourth-order valence-corrected chi connectivity index (χ4v) is 4.79. The summed E-state index contributed by atoms with van der Waals surface area (Å²) in [7, 11) is 1.69. The van der Waals surface area contributed by atoms with Gasteiger partial charge in [-0.15, -0.1) is 0 Å². The Hall–Kier alpha value is -4.22. The molecule has 1 unspecified atom stereocenters. The zero-order valence-electron chi connectivity index (χ0n) is 19.2. The van der Waals surface area contributed by atoms with Gasteiger partial charge in [-0.3, -0.25) is 9.69 Å². The van der Waals surface area contributed by atoms with Gasteiger partial charge in [0, 0.05) is 44.9 Å². The molecule has 1 saturated heterocycles. The Morgan fingerprint density at radius 1 is 1.03 bits per heavy atom. The standard InChI is InChI=1S/C27H24FN5O2/c1-31-22-11-10-20(17-29)30-26(22)23(16-25(31)35)32-12-14-33(15-13-32)27(18-6-8-19(28)9-7-18)21-4-2-3-5-24(21)34/h2-11,16,27,34H,12-15H2,1H3. The van der Waals surface area contributed by atoms with E-state index in [1.54, 1.807) is 49.5 Å². The molecule has 7 nitrogen and oxygen atoms in total. The van der Waals surface area contributed by atoms with Crippen molar-refractivity contribution in [2.45, 2.75) is 6.04 Å². The van der Waals surface area contributed by atoms with Gasteiger partial charge in [0.2, 0.25) is 0 Å². The number of fused-ring (bicyclic) bond motifs is 1. The number of hydrogen-bond donors (Lipinski definition) is 1. The number of phenolic OH excluding ortho intramolecular Hbond substituents is 1. The third kappa shape index (κ3) is 4.22. The number of nitriles is 1. The second kappa shape index (κ2) is 9.20. The van der Waals surface area contributed by atoms with E-state index in [1.165, 1.54) is 16.7 Å². The molecule has 0 aliphatic carbocycles. The molecule has 1 aliphatic rings. The van der Waals surface area contributed by atoms with E-state index in [9.17, 15) is 19.6 Å². The monoisotopic (exact) mass is 469 g/mol. The number of pyridine rings is 2. The summed E-state index contributed by atoms with van der Waals surface area (Å²) >= 11 is 0. The van der Waals surface area contributed by atoms with Crippen molar-refractivity contribution < 1.29 is 9.50 Å². The fourth-order valence-electron chi connectivity index (χ4n) is 4.79. The lowest BCUT2D eigenvalue weighted by molar-refractivity contribution is 0.209. The second-order valence-corrected chi connectivity index (χ2v) is 8.64. The average molecular weight is 470 g/mol. The first-order valence-corrected chi connectivity index (χ1v) is 11.4. The number of aryl methyl sites for hydroxylation is 1. The number of aromatic hydroxyl groups is 1. The first-order chi connectivity index (χ1) is 17.0. The number of aromatic nitrogens is 2. The normalized spacial score (nSPS) is 15.2. The Morgan fingerprint density at radius 2 is 1.74 bits per heavy atom. The SMILES string of the molecule is Cn1c(=O)cc(N2CCN(C(c3ccc(F)cc3)c3ccccc3O)CC2)c2nc(C#N)ccc21. The van der Waals surface area contributed by atoms with Gasteiger partial charge < -0.3 is 14.6 Å². The van der Waals surface area contributed by atoms with E-state index in [4.69, 9.17) is 0 Å². The van der Waals surface area contributed by atoms with Gasteiger partial charge in [-0.25, -0.2) is 9.37 Å². The Kier molecular flexibility index (Phi) is 5.93. The van der Waals surface area contributed by atoms with E-state index < -0.39 is 0 Å². The second-order valence-electron chi connectivity index (χ2n) is 8.64. The molecule has 0 radical (unpaired) electrons. The number of piperazine rings is 1. The first kappa shape index (κ1) is 22.6. The Bertz CT molecular complexity index is 1480. The van der Waals surface area contributed by atoms with Crippen molar-refractivity contribution in [1.29, 1.82) is 5.26 Å². The molecule has 5 rings (SSSR count). The fraction of sp³-hybridized carbons (Fsp3) is 0.222. The summed E-state index contributed by atoms with van der Waals surface area (Å²) < 4.78 is 15.2. The minimum absolute atomic E-state index is 0.139. The molecule has 1 aliphatic heterocycles. The van der Waals surface area contributed by atoms with Gasteiger partial charge in [0.05, 0.1) is 17.2 Å². The molecule has 0 bridgehead atoms. The molecule has 2 aromatic heterocycles. The van der Waals surface area contributed by atoms with E-state index in [2.05, 4.69) is 20.9 Å². The Balaban J connectivity index is 1.48. The van der Waals surface area contributed by atoms with Gasteiger partial charge in [0.15, 0.2) is 0 Å². The summed E-state index contributed by atoms with van der Waals surface area (Å²) in [6, 6.07) is 20.3. The first-order valence-electron chi connectivity index (χ1n) is 11.4. The topological polar surface area (TPSA) is 85.4 Å². The van der Waals surface area contributed by atoms with Gasteiger partial charge >= 0.3 is 0 Å². The molecule has 0 spiro atoms. The molecule has 1 fully saturated rings. The lowest BCUT2D eigenvalue weighted by Crippen LogP contribution is -2.48. The van der Waals surface area contributed by atoms with Crippen molar-refractivity contribution >= 4 is 16.7 Å². The molecule has 176 valence electrons. The number of anilines is 1. The smallest absolute Gasteiger partial charge is 0.252 e. The predicted molar refractivity (Wildman–Crippen MR) is 132 cm³/mol. The number of benzene rings is 2. The number of phenols is 1. The van der Waals surface area contributed by atoms with E-state index in [0.717, 1.165) is 11.1 Å². The quantitative estimate of drug-likeness (QED) is 0.492. The van der Waals surface area contributed by atoms with Crippen LogP contribution in [0.15, 0.2) is 71.5 Å². The molecule has 0 saturated carbocycles. The molecule has 0 amide bonds. The number of rotatable bonds is 4. The van der Waals surface area contributed by atoms with E-state index in [0.29, 0.717) is 48.6 Å². The van der Waals surface area contributed by atoms with Crippen LogP contribution in [0.2, 0.25) is 0 Å². The summed E-state index contributed by atoms with van der Waals surface area (Å²) in [4.78, 5) is 21.5. The van der Waals surface area contributed by atoms with Crippen LogP contribution in [-0.4, -0.2) is 45.7 Å². The van der Waals surface area contributed by atoms with Crippen LogP contribution in [0, 0.1) is 17.1 Å². The summed E-state index contributed by atoms with van der Waals surface area (Å²) in [5.74, 6) is -0.119.